The van der Waals surface area contributed by atoms with Gasteiger partial charge in [0.2, 0.25) is 0 Å². The maximum Gasteiger partial charge on any atom is 0.191 e. The molecule has 3 rings (SSSR count). The molecule has 29 heavy (non-hydrogen) atoms. The summed E-state index contributed by atoms with van der Waals surface area (Å²) in [5.74, 6) is 2.39. The number of aliphatic imine (C=N–C) groups is 1. The zero-order valence-corrected chi connectivity index (χ0v) is 18.2. The third kappa shape index (κ3) is 6.51. The standard InChI is InChI=1S/C22H37N5O2/c1-4-23-22(24-15-18(2)16-26-11-13-29-14-12-26)25-19-9-10-27(17-19)20-7-5-6-8-21(20)28-3/h5-8,18-19H,4,9-17H2,1-3H3,(H2,23,24,25). The summed E-state index contributed by atoms with van der Waals surface area (Å²) >= 11 is 0. The Hall–Kier alpha value is -1.99. The average Bonchev–Trinajstić information content (AvgIpc) is 3.21. The lowest BCUT2D eigenvalue weighted by molar-refractivity contribution is 0.0323. The molecule has 0 radical (unpaired) electrons. The Labute approximate surface area is 175 Å². The third-order valence-corrected chi connectivity index (χ3v) is 5.53. The van der Waals surface area contributed by atoms with Crippen LogP contribution in [0.4, 0.5) is 5.69 Å². The summed E-state index contributed by atoms with van der Waals surface area (Å²) in [4.78, 5) is 9.74. The minimum absolute atomic E-state index is 0.382. The van der Waals surface area contributed by atoms with Crippen LogP contribution in [-0.4, -0.2) is 83.0 Å². The summed E-state index contributed by atoms with van der Waals surface area (Å²) in [7, 11) is 1.73. The molecular formula is C22H37N5O2. The van der Waals surface area contributed by atoms with Crippen molar-refractivity contribution < 1.29 is 9.47 Å². The number of nitrogens with one attached hydrogen (secondary N) is 2. The molecule has 0 aliphatic carbocycles. The van der Waals surface area contributed by atoms with E-state index in [1.807, 2.05) is 12.1 Å². The fourth-order valence-corrected chi connectivity index (χ4v) is 4.03. The topological polar surface area (TPSA) is 61.4 Å². The maximum absolute atomic E-state index is 5.53. The molecule has 1 aromatic rings. The van der Waals surface area contributed by atoms with E-state index in [1.165, 1.54) is 5.69 Å². The molecular weight excluding hydrogens is 366 g/mol. The van der Waals surface area contributed by atoms with Gasteiger partial charge in [-0.3, -0.25) is 9.89 Å². The van der Waals surface area contributed by atoms with E-state index in [0.29, 0.717) is 12.0 Å². The van der Waals surface area contributed by atoms with Crippen LogP contribution in [0, 0.1) is 5.92 Å². The van der Waals surface area contributed by atoms with Gasteiger partial charge in [0.1, 0.15) is 5.75 Å². The summed E-state index contributed by atoms with van der Waals surface area (Å²) in [6.45, 7) is 12.9. The first-order valence-corrected chi connectivity index (χ1v) is 10.9. The van der Waals surface area contributed by atoms with Crippen molar-refractivity contribution in [3.05, 3.63) is 24.3 Å². The Morgan fingerprint density at radius 1 is 1.28 bits per heavy atom. The van der Waals surface area contributed by atoms with Gasteiger partial charge in [0.05, 0.1) is 26.0 Å². The molecule has 2 heterocycles. The molecule has 0 spiro atoms. The van der Waals surface area contributed by atoms with E-state index in [4.69, 9.17) is 14.5 Å². The quantitative estimate of drug-likeness (QED) is 0.510. The van der Waals surface area contributed by atoms with Gasteiger partial charge < -0.3 is 25.0 Å². The number of benzene rings is 1. The van der Waals surface area contributed by atoms with Gasteiger partial charge in [-0.1, -0.05) is 19.1 Å². The number of ether oxygens (including phenoxy) is 2. The monoisotopic (exact) mass is 403 g/mol. The molecule has 1 aromatic carbocycles. The van der Waals surface area contributed by atoms with E-state index in [2.05, 4.69) is 46.4 Å². The lowest BCUT2D eigenvalue weighted by Gasteiger charge is -2.28. The zero-order chi connectivity index (χ0) is 20.5. The van der Waals surface area contributed by atoms with E-state index in [9.17, 15) is 0 Å². The molecule has 0 amide bonds. The van der Waals surface area contributed by atoms with Crippen LogP contribution in [0.15, 0.2) is 29.3 Å². The van der Waals surface area contributed by atoms with Gasteiger partial charge in [-0.25, -0.2) is 0 Å². The van der Waals surface area contributed by atoms with Crippen molar-refractivity contribution in [2.24, 2.45) is 10.9 Å². The van der Waals surface area contributed by atoms with Crippen molar-refractivity contribution in [2.45, 2.75) is 26.3 Å². The molecule has 2 saturated heterocycles. The van der Waals surface area contributed by atoms with E-state index < -0.39 is 0 Å². The molecule has 2 fully saturated rings. The van der Waals surface area contributed by atoms with E-state index in [0.717, 1.165) is 77.2 Å². The second kappa shape index (κ2) is 11.3. The highest BCUT2D eigenvalue weighted by atomic mass is 16.5. The second-order valence-corrected chi connectivity index (χ2v) is 7.99. The molecule has 2 aliphatic rings. The number of hydrogen-bond donors (Lipinski definition) is 2. The van der Waals surface area contributed by atoms with Crippen LogP contribution in [0.1, 0.15) is 20.3 Å². The Kier molecular flexibility index (Phi) is 8.43. The summed E-state index contributed by atoms with van der Waals surface area (Å²) in [5.41, 5.74) is 1.17. The lowest BCUT2D eigenvalue weighted by atomic mass is 10.1. The number of rotatable bonds is 8. The van der Waals surface area contributed by atoms with Gasteiger partial charge in [-0.2, -0.15) is 0 Å². The highest BCUT2D eigenvalue weighted by Crippen LogP contribution is 2.30. The SMILES string of the molecule is CCNC(=NCC(C)CN1CCOCC1)NC1CCN(c2ccccc2OC)C1. The van der Waals surface area contributed by atoms with Crippen molar-refractivity contribution >= 4 is 11.6 Å². The van der Waals surface area contributed by atoms with Crippen molar-refractivity contribution in [2.75, 3.05) is 71.0 Å². The number of hydrogen-bond acceptors (Lipinski definition) is 5. The zero-order valence-electron chi connectivity index (χ0n) is 18.2. The van der Waals surface area contributed by atoms with Gasteiger partial charge in [0.25, 0.3) is 0 Å². The number of nitrogens with zero attached hydrogens (tertiary/aromatic N) is 3. The lowest BCUT2D eigenvalue weighted by Crippen LogP contribution is -2.45. The minimum atomic E-state index is 0.382. The molecule has 0 saturated carbocycles. The van der Waals surface area contributed by atoms with E-state index in [-0.39, 0.29) is 0 Å². The number of anilines is 1. The second-order valence-electron chi connectivity index (χ2n) is 7.99. The molecule has 2 atom stereocenters. The first-order valence-electron chi connectivity index (χ1n) is 10.9. The van der Waals surface area contributed by atoms with Crippen molar-refractivity contribution in [3.63, 3.8) is 0 Å². The van der Waals surface area contributed by atoms with Crippen LogP contribution >= 0.6 is 0 Å². The van der Waals surface area contributed by atoms with Crippen LogP contribution < -0.4 is 20.3 Å². The van der Waals surface area contributed by atoms with Gasteiger partial charge in [0.15, 0.2) is 5.96 Å². The molecule has 2 unspecified atom stereocenters. The molecule has 7 heteroatoms. The number of methoxy groups -OCH3 is 1. The van der Waals surface area contributed by atoms with Gasteiger partial charge in [0, 0.05) is 51.9 Å². The molecule has 0 aromatic heterocycles. The molecule has 0 bridgehead atoms. The molecule has 7 nitrogen and oxygen atoms in total. The van der Waals surface area contributed by atoms with Gasteiger partial charge in [-0.05, 0) is 31.4 Å². The highest BCUT2D eigenvalue weighted by Gasteiger charge is 2.25. The largest absolute Gasteiger partial charge is 0.495 e. The Balaban J connectivity index is 1.51. The van der Waals surface area contributed by atoms with Crippen LogP contribution in [0.3, 0.4) is 0 Å². The third-order valence-electron chi connectivity index (χ3n) is 5.53. The van der Waals surface area contributed by atoms with E-state index in [1.54, 1.807) is 7.11 Å². The van der Waals surface area contributed by atoms with Crippen LogP contribution in [0.2, 0.25) is 0 Å². The molecule has 2 aliphatic heterocycles. The fourth-order valence-electron chi connectivity index (χ4n) is 4.03. The predicted molar refractivity (Wildman–Crippen MR) is 119 cm³/mol. The van der Waals surface area contributed by atoms with Gasteiger partial charge >= 0.3 is 0 Å². The Morgan fingerprint density at radius 3 is 2.83 bits per heavy atom. The Bertz CT molecular complexity index is 648. The van der Waals surface area contributed by atoms with E-state index >= 15 is 0 Å². The van der Waals surface area contributed by atoms with Crippen molar-refractivity contribution in [1.29, 1.82) is 0 Å². The summed E-state index contributed by atoms with van der Waals surface area (Å²) < 4.78 is 11.0. The minimum Gasteiger partial charge on any atom is -0.495 e. The number of morpholine rings is 1. The molecule has 162 valence electrons. The average molecular weight is 404 g/mol. The maximum atomic E-state index is 5.53. The normalized spacial score (nSPS) is 21.8. The summed E-state index contributed by atoms with van der Waals surface area (Å²) in [6, 6.07) is 8.63. The van der Waals surface area contributed by atoms with Crippen molar-refractivity contribution in [1.82, 2.24) is 15.5 Å². The van der Waals surface area contributed by atoms with Crippen LogP contribution in [0.25, 0.3) is 0 Å². The van der Waals surface area contributed by atoms with Crippen molar-refractivity contribution in [3.8, 4) is 5.75 Å². The molecule has 2 N–H and O–H groups in total. The first kappa shape index (κ1) is 21.7. The smallest absolute Gasteiger partial charge is 0.191 e. The number of para-hydroxylation sites is 2. The number of guanidine groups is 1. The van der Waals surface area contributed by atoms with Crippen LogP contribution in [0.5, 0.6) is 5.75 Å². The van der Waals surface area contributed by atoms with Gasteiger partial charge in [-0.15, -0.1) is 0 Å². The van der Waals surface area contributed by atoms with Crippen LogP contribution in [-0.2, 0) is 4.74 Å². The summed E-state index contributed by atoms with van der Waals surface area (Å²) in [5, 5.41) is 7.04. The predicted octanol–water partition coefficient (Wildman–Crippen LogP) is 1.80. The first-order chi connectivity index (χ1) is 14.2. The Morgan fingerprint density at radius 2 is 2.07 bits per heavy atom. The fraction of sp³-hybridized carbons (Fsp3) is 0.682. The highest BCUT2D eigenvalue weighted by molar-refractivity contribution is 5.80. The summed E-state index contributed by atoms with van der Waals surface area (Å²) in [6.07, 6.45) is 1.09.